The van der Waals surface area contributed by atoms with Gasteiger partial charge in [0.2, 0.25) is 11.8 Å². The monoisotopic (exact) mass is 441 g/mol. The number of halogens is 1. The Morgan fingerprint density at radius 1 is 1.13 bits per heavy atom. The third-order valence-electron chi connectivity index (χ3n) is 6.63. The number of benzene rings is 1. The van der Waals surface area contributed by atoms with Crippen LogP contribution in [0, 0.1) is 5.82 Å². The van der Waals surface area contributed by atoms with E-state index in [0.717, 1.165) is 38.0 Å². The zero-order chi connectivity index (χ0) is 21.5. The van der Waals surface area contributed by atoms with E-state index in [1.165, 1.54) is 15.8 Å². The molecule has 0 bridgehead atoms. The minimum atomic E-state index is -0.676. The first-order chi connectivity index (χ1) is 15.0. The molecular formula is C23H24FN3O3S. The van der Waals surface area contributed by atoms with Gasteiger partial charge in [-0.15, -0.1) is 11.3 Å². The van der Waals surface area contributed by atoms with E-state index < -0.39 is 11.9 Å². The van der Waals surface area contributed by atoms with Crippen LogP contribution in [0.15, 0.2) is 29.6 Å². The average molecular weight is 442 g/mol. The van der Waals surface area contributed by atoms with Crippen LogP contribution in [0.25, 0.3) is 0 Å². The summed E-state index contributed by atoms with van der Waals surface area (Å²) in [5.41, 5.74) is 1.78. The van der Waals surface area contributed by atoms with Gasteiger partial charge in [0.15, 0.2) is 0 Å². The van der Waals surface area contributed by atoms with Crippen molar-refractivity contribution in [3.05, 3.63) is 57.0 Å². The summed E-state index contributed by atoms with van der Waals surface area (Å²) in [6.45, 7) is 3.05. The van der Waals surface area contributed by atoms with Crippen LogP contribution in [0.3, 0.4) is 0 Å². The number of rotatable bonds is 4. The molecule has 31 heavy (non-hydrogen) atoms. The molecule has 6 nitrogen and oxygen atoms in total. The number of nitrogens with one attached hydrogen (secondary N) is 1. The van der Waals surface area contributed by atoms with Gasteiger partial charge in [0, 0.05) is 30.0 Å². The molecule has 1 unspecified atom stereocenters. The van der Waals surface area contributed by atoms with Gasteiger partial charge >= 0.3 is 0 Å². The molecule has 3 amide bonds. The number of nitrogens with zero attached hydrogens (tertiary/aromatic N) is 2. The molecule has 0 aliphatic carbocycles. The number of carbonyl (C=O) groups is 3. The average Bonchev–Trinajstić information content (AvgIpc) is 3.37. The van der Waals surface area contributed by atoms with Gasteiger partial charge in [-0.05, 0) is 66.9 Å². The Labute approximate surface area is 184 Å². The van der Waals surface area contributed by atoms with Crippen LogP contribution >= 0.6 is 11.3 Å². The predicted molar refractivity (Wildman–Crippen MR) is 114 cm³/mol. The molecule has 3 aliphatic rings. The highest BCUT2D eigenvalue weighted by Gasteiger charge is 2.40. The molecular weight excluding hydrogens is 417 g/mol. The van der Waals surface area contributed by atoms with E-state index in [1.807, 2.05) is 6.07 Å². The molecule has 4 heterocycles. The quantitative estimate of drug-likeness (QED) is 0.741. The summed E-state index contributed by atoms with van der Waals surface area (Å²) in [6, 6.07) is 6.70. The van der Waals surface area contributed by atoms with Crippen molar-refractivity contribution >= 4 is 29.1 Å². The minimum Gasteiger partial charge on any atom is -0.322 e. The van der Waals surface area contributed by atoms with Crippen LogP contribution in [-0.2, 0) is 22.7 Å². The molecule has 0 saturated carbocycles. The normalized spacial score (nSPS) is 22.7. The Hall–Kier alpha value is -2.58. The number of likely N-dealkylation sites (tertiary alicyclic amines) is 1. The smallest absolute Gasteiger partial charge is 0.255 e. The molecule has 0 radical (unpaired) electrons. The van der Waals surface area contributed by atoms with Gasteiger partial charge in [-0.1, -0.05) is 12.1 Å². The highest BCUT2D eigenvalue weighted by molar-refractivity contribution is 7.09. The molecule has 2 saturated heterocycles. The maximum Gasteiger partial charge on any atom is 0.255 e. The molecule has 3 aliphatic heterocycles. The summed E-state index contributed by atoms with van der Waals surface area (Å²) in [4.78, 5) is 41.7. The van der Waals surface area contributed by atoms with Gasteiger partial charge < -0.3 is 4.90 Å². The van der Waals surface area contributed by atoms with E-state index >= 15 is 0 Å². The van der Waals surface area contributed by atoms with E-state index in [-0.39, 0.29) is 36.5 Å². The summed E-state index contributed by atoms with van der Waals surface area (Å²) < 4.78 is 15.0. The van der Waals surface area contributed by atoms with Gasteiger partial charge in [-0.2, -0.15) is 0 Å². The van der Waals surface area contributed by atoms with Crippen molar-refractivity contribution in [2.45, 2.75) is 50.7 Å². The highest BCUT2D eigenvalue weighted by atomic mass is 32.1. The second kappa shape index (κ2) is 8.16. The maximum atomic E-state index is 15.0. The third-order valence-corrected chi connectivity index (χ3v) is 7.49. The number of hydrogen-bond donors (Lipinski definition) is 1. The van der Waals surface area contributed by atoms with E-state index in [2.05, 4.69) is 27.7 Å². The zero-order valence-corrected chi connectivity index (χ0v) is 17.9. The lowest BCUT2D eigenvalue weighted by Crippen LogP contribution is -2.52. The summed E-state index contributed by atoms with van der Waals surface area (Å²) >= 11 is 1.76. The first kappa shape index (κ1) is 20.3. The van der Waals surface area contributed by atoms with Crippen LogP contribution in [-0.4, -0.2) is 46.7 Å². The standard InChI is InChI=1S/C23H24FN3O3S/c24-19-11-18-15(12-27(23(18)30)20-3-4-21(28)25-22(20)29)10-17(19)14-5-7-26(8-6-14)13-16-2-1-9-31-16/h1-2,9-11,14,20H,3-8,12-13H2,(H,25,28,29). The number of hydrogen-bond acceptors (Lipinski definition) is 5. The molecule has 2 aromatic rings. The molecule has 162 valence electrons. The van der Waals surface area contributed by atoms with E-state index in [1.54, 1.807) is 11.3 Å². The minimum absolute atomic E-state index is 0.129. The van der Waals surface area contributed by atoms with Gasteiger partial charge in [0.1, 0.15) is 11.9 Å². The summed E-state index contributed by atoms with van der Waals surface area (Å²) in [5.74, 6) is -1.31. The predicted octanol–water partition coefficient (Wildman–Crippen LogP) is 3.03. The Morgan fingerprint density at radius 3 is 2.65 bits per heavy atom. The molecule has 8 heteroatoms. The largest absolute Gasteiger partial charge is 0.322 e. The van der Waals surface area contributed by atoms with Gasteiger partial charge in [-0.3, -0.25) is 24.6 Å². The van der Waals surface area contributed by atoms with Gasteiger partial charge in [0.25, 0.3) is 5.91 Å². The number of imide groups is 1. The summed E-state index contributed by atoms with van der Waals surface area (Å²) in [7, 11) is 0. The Kier molecular flexibility index (Phi) is 5.35. The van der Waals surface area contributed by atoms with Crippen molar-refractivity contribution in [1.29, 1.82) is 0 Å². The van der Waals surface area contributed by atoms with Crippen molar-refractivity contribution in [1.82, 2.24) is 15.1 Å². The van der Waals surface area contributed by atoms with Crippen LogP contribution in [0.2, 0.25) is 0 Å². The van der Waals surface area contributed by atoms with Gasteiger partial charge in [0.05, 0.1) is 0 Å². The number of amides is 3. The third kappa shape index (κ3) is 3.90. The second-order valence-corrected chi connectivity index (χ2v) is 9.59. The lowest BCUT2D eigenvalue weighted by molar-refractivity contribution is -0.136. The number of fused-ring (bicyclic) bond motifs is 1. The van der Waals surface area contributed by atoms with Crippen molar-refractivity contribution in [2.24, 2.45) is 0 Å². The highest BCUT2D eigenvalue weighted by Crippen LogP contribution is 2.35. The number of piperidine rings is 2. The molecule has 2 fully saturated rings. The molecule has 1 aromatic heterocycles. The van der Waals surface area contributed by atoms with E-state index in [0.29, 0.717) is 17.5 Å². The molecule has 1 N–H and O–H groups in total. The lowest BCUT2D eigenvalue weighted by Gasteiger charge is -2.32. The second-order valence-electron chi connectivity index (χ2n) is 8.56. The lowest BCUT2D eigenvalue weighted by atomic mass is 9.87. The summed E-state index contributed by atoms with van der Waals surface area (Å²) in [6.07, 6.45) is 2.28. The van der Waals surface area contributed by atoms with Crippen LogP contribution in [0.1, 0.15) is 58.0 Å². The fourth-order valence-corrected chi connectivity index (χ4v) is 5.69. The molecule has 1 aromatic carbocycles. The van der Waals surface area contributed by atoms with Gasteiger partial charge in [-0.25, -0.2) is 4.39 Å². The van der Waals surface area contributed by atoms with Crippen LogP contribution < -0.4 is 5.32 Å². The van der Waals surface area contributed by atoms with Crippen molar-refractivity contribution in [2.75, 3.05) is 13.1 Å². The maximum absolute atomic E-state index is 15.0. The number of carbonyl (C=O) groups excluding carboxylic acids is 3. The Morgan fingerprint density at radius 2 is 1.94 bits per heavy atom. The summed E-state index contributed by atoms with van der Waals surface area (Å²) in [5, 5.41) is 4.38. The Bertz CT molecular complexity index is 1030. The van der Waals surface area contributed by atoms with Crippen molar-refractivity contribution in [3.8, 4) is 0 Å². The first-order valence-electron chi connectivity index (χ1n) is 10.7. The topological polar surface area (TPSA) is 69.7 Å². The molecule has 0 spiro atoms. The fraction of sp³-hybridized carbons (Fsp3) is 0.435. The van der Waals surface area contributed by atoms with Crippen LogP contribution in [0.4, 0.5) is 4.39 Å². The van der Waals surface area contributed by atoms with Crippen LogP contribution in [0.5, 0.6) is 0 Å². The fourth-order valence-electron chi connectivity index (χ4n) is 4.95. The number of thiophene rings is 1. The Balaban J connectivity index is 1.29. The SMILES string of the molecule is O=C1CCC(N2Cc3cc(C4CCN(Cc5cccs5)CC4)c(F)cc3C2=O)C(=O)N1. The van der Waals surface area contributed by atoms with Crippen molar-refractivity contribution < 1.29 is 18.8 Å². The van der Waals surface area contributed by atoms with E-state index in [9.17, 15) is 18.8 Å². The molecule has 5 rings (SSSR count). The molecule has 1 atom stereocenters. The zero-order valence-electron chi connectivity index (χ0n) is 17.1. The van der Waals surface area contributed by atoms with Crippen molar-refractivity contribution in [3.63, 3.8) is 0 Å². The van der Waals surface area contributed by atoms with E-state index in [4.69, 9.17) is 0 Å². The first-order valence-corrected chi connectivity index (χ1v) is 11.6.